The zero-order chi connectivity index (χ0) is 12.0. The van der Waals surface area contributed by atoms with Crippen LogP contribution in [-0.4, -0.2) is 13.7 Å². The standard InChI is InChI=1S/C13H18BrNO/c1-10(2)6-7-16-12-4-5-13(14)11(8-12)9-15-3/h4-5,8,15H,1,6-7,9H2,2-3H3. The number of hydrogen-bond donors (Lipinski definition) is 1. The second-order valence-corrected chi connectivity index (χ2v) is 4.69. The number of nitrogens with one attached hydrogen (secondary N) is 1. The topological polar surface area (TPSA) is 21.3 Å². The maximum Gasteiger partial charge on any atom is 0.119 e. The van der Waals surface area contributed by atoms with Crippen LogP contribution in [0.25, 0.3) is 0 Å². The fraction of sp³-hybridized carbons (Fsp3) is 0.385. The van der Waals surface area contributed by atoms with E-state index in [1.807, 2.05) is 26.1 Å². The van der Waals surface area contributed by atoms with E-state index in [1.54, 1.807) is 0 Å². The highest BCUT2D eigenvalue weighted by Gasteiger charge is 2.01. The van der Waals surface area contributed by atoms with Gasteiger partial charge in [0, 0.05) is 17.4 Å². The van der Waals surface area contributed by atoms with Gasteiger partial charge < -0.3 is 10.1 Å². The average molecular weight is 284 g/mol. The Morgan fingerprint density at radius 2 is 2.25 bits per heavy atom. The summed E-state index contributed by atoms with van der Waals surface area (Å²) in [5, 5.41) is 3.13. The molecule has 3 heteroatoms. The molecule has 0 aromatic heterocycles. The molecule has 0 saturated carbocycles. The molecule has 0 aliphatic heterocycles. The molecule has 1 aromatic carbocycles. The minimum absolute atomic E-state index is 0.690. The molecule has 1 rings (SSSR count). The van der Waals surface area contributed by atoms with Gasteiger partial charge in [0.2, 0.25) is 0 Å². The molecule has 0 aliphatic rings. The summed E-state index contributed by atoms with van der Waals surface area (Å²) in [7, 11) is 1.93. The predicted molar refractivity (Wildman–Crippen MR) is 71.8 cm³/mol. The summed E-state index contributed by atoms with van der Waals surface area (Å²) in [4.78, 5) is 0. The maximum absolute atomic E-state index is 5.65. The van der Waals surface area contributed by atoms with Gasteiger partial charge in [-0.1, -0.05) is 21.5 Å². The summed E-state index contributed by atoms with van der Waals surface area (Å²) < 4.78 is 6.76. The van der Waals surface area contributed by atoms with E-state index in [1.165, 1.54) is 5.56 Å². The Kier molecular flexibility index (Phi) is 5.56. The van der Waals surface area contributed by atoms with Crippen LogP contribution in [0.2, 0.25) is 0 Å². The molecular weight excluding hydrogens is 266 g/mol. The van der Waals surface area contributed by atoms with Gasteiger partial charge >= 0.3 is 0 Å². The largest absolute Gasteiger partial charge is 0.493 e. The van der Waals surface area contributed by atoms with Crippen LogP contribution in [0.4, 0.5) is 0 Å². The second-order valence-electron chi connectivity index (χ2n) is 3.84. The molecule has 0 bridgehead atoms. The van der Waals surface area contributed by atoms with Gasteiger partial charge in [0.15, 0.2) is 0 Å². The quantitative estimate of drug-likeness (QED) is 0.807. The third-order valence-corrected chi connectivity index (χ3v) is 2.96. The molecule has 1 aromatic rings. The van der Waals surface area contributed by atoms with Gasteiger partial charge in [0.05, 0.1) is 6.61 Å². The van der Waals surface area contributed by atoms with Gasteiger partial charge in [0.25, 0.3) is 0 Å². The fourth-order valence-corrected chi connectivity index (χ4v) is 1.70. The van der Waals surface area contributed by atoms with Crippen molar-refractivity contribution in [3.63, 3.8) is 0 Å². The molecule has 0 radical (unpaired) electrons. The van der Waals surface area contributed by atoms with Crippen molar-refractivity contribution in [1.82, 2.24) is 5.32 Å². The number of benzene rings is 1. The van der Waals surface area contributed by atoms with E-state index in [9.17, 15) is 0 Å². The van der Waals surface area contributed by atoms with Crippen LogP contribution in [0.1, 0.15) is 18.9 Å². The Labute approximate surface area is 106 Å². The molecule has 0 spiro atoms. The zero-order valence-electron chi connectivity index (χ0n) is 9.85. The van der Waals surface area contributed by atoms with E-state index in [-0.39, 0.29) is 0 Å². The summed E-state index contributed by atoms with van der Waals surface area (Å²) >= 11 is 3.51. The van der Waals surface area contributed by atoms with E-state index in [2.05, 4.69) is 33.9 Å². The minimum atomic E-state index is 0.690. The summed E-state index contributed by atoms with van der Waals surface area (Å²) in [5.74, 6) is 0.912. The first-order valence-corrected chi connectivity index (χ1v) is 6.13. The third kappa shape index (κ3) is 4.37. The first-order chi connectivity index (χ1) is 7.63. The third-order valence-electron chi connectivity index (χ3n) is 2.18. The van der Waals surface area contributed by atoms with Gasteiger partial charge in [0.1, 0.15) is 5.75 Å². The lowest BCUT2D eigenvalue weighted by atomic mass is 10.2. The van der Waals surface area contributed by atoms with Crippen LogP contribution >= 0.6 is 15.9 Å². The molecule has 16 heavy (non-hydrogen) atoms. The molecule has 0 unspecified atom stereocenters. The van der Waals surface area contributed by atoms with E-state index in [0.717, 1.165) is 28.8 Å². The van der Waals surface area contributed by atoms with Crippen molar-refractivity contribution in [2.45, 2.75) is 19.9 Å². The lowest BCUT2D eigenvalue weighted by molar-refractivity contribution is 0.321. The Morgan fingerprint density at radius 3 is 2.88 bits per heavy atom. The average Bonchev–Trinajstić information content (AvgIpc) is 2.22. The SMILES string of the molecule is C=C(C)CCOc1ccc(Br)c(CNC)c1. The molecule has 1 N–H and O–H groups in total. The van der Waals surface area contributed by atoms with Crippen molar-refractivity contribution >= 4 is 15.9 Å². The molecule has 0 aliphatic carbocycles. The number of hydrogen-bond acceptors (Lipinski definition) is 2. The van der Waals surface area contributed by atoms with Crippen LogP contribution in [-0.2, 0) is 6.54 Å². The lowest BCUT2D eigenvalue weighted by Gasteiger charge is -2.09. The van der Waals surface area contributed by atoms with Crippen LogP contribution < -0.4 is 10.1 Å². The first kappa shape index (κ1) is 13.3. The summed E-state index contributed by atoms with van der Waals surface area (Å²) in [5.41, 5.74) is 2.35. The van der Waals surface area contributed by atoms with E-state index < -0.39 is 0 Å². The monoisotopic (exact) mass is 283 g/mol. The summed E-state index contributed by atoms with van der Waals surface area (Å²) in [6, 6.07) is 6.05. The molecule has 0 atom stereocenters. The minimum Gasteiger partial charge on any atom is -0.493 e. The Hall–Kier alpha value is -0.800. The van der Waals surface area contributed by atoms with Crippen molar-refractivity contribution in [1.29, 1.82) is 0 Å². The van der Waals surface area contributed by atoms with E-state index in [4.69, 9.17) is 4.74 Å². The Morgan fingerprint density at radius 1 is 1.50 bits per heavy atom. The highest BCUT2D eigenvalue weighted by atomic mass is 79.9. The molecule has 0 saturated heterocycles. The summed E-state index contributed by atoms with van der Waals surface area (Å²) in [6.07, 6.45) is 0.900. The Bertz CT molecular complexity index is 363. The number of ether oxygens (including phenoxy) is 1. The van der Waals surface area contributed by atoms with Gasteiger partial charge in [-0.15, -0.1) is 6.58 Å². The van der Waals surface area contributed by atoms with Crippen molar-refractivity contribution in [3.8, 4) is 5.75 Å². The zero-order valence-corrected chi connectivity index (χ0v) is 11.4. The van der Waals surface area contributed by atoms with Crippen LogP contribution in [0.3, 0.4) is 0 Å². The van der Waals surface area contributed by atoms with Gasteiger partial charge in [-0.05, 0) is 37.7 Å². The van der Waals surface area contributed by atoms with Crippen molar-refractivity contribution < 1.29 is 4.74 Å². The molecule has 2 nitrogen and oxygen atoms in total. The lowest BCUT2D eigenvalue weighted by Crippen LogP contribution is -2.06. The molecule has 88 valence electrons. The predicted octanol–water partition coefficient (Wildman–Crippen LogP) is 3.51. The summed E-state index contributed by atoms with van der Waals surface area (Å²) in [6.45, 7) is 7.38. The van der Waals surface area contributed by atoms with E-state index in [0.29, 0.717) is 6.61 Å². The fourth-order valence-electron chi connectivity index (χ4n) is 1.31. The number of halogens is 1. The van der Waals surface area contributed by atoms with Crippen molar-refractivity contribution in [3.05, 3.63) is 40.4 Å². The van der Waals surface area contributed by atoms with Crippen molar-refractivity contribution in [2.75, 3.05) is 13.7 Å². The van der Waals surface area contributed by atoms with Crippen LogP contribution in [0.5, 0.6) is 5.75 Å². The molecule has 0 heterocycles. The van der Waals surface area contributed by atoms with Crippen LogP contribution in [0, 0.1) is 0 Å². The molecular formula is C13H18BrNO. The molecule has 0 amide bonds. The van der Waals surface area contributed by atoms with Gasteiger partial charge in [-0.25, -0.2) is 0 Å². The van der Waals surface area contributed by atoms with Gasteiger partial charge in [-0.3, -0.25) is 0 Å². The highest BCUT2D eigenvalue weighted by Crippen LogP contribution is 2.22. The smallest absolute Gasteiger partial charge is 0.119 e. The molecule has 0 fully saturated rings. The maximum atomic E-state index is 5.65. The normalized spacial score (nSPS) is 10.2. The Balaban J connectivity index is 2.60. The van der Waals surface area contributed by atoms with Crippen LogP contribution in [0.15, 0.2) is 34.8 Å². The van der Waals surface area contributed by atoms with Crippen molar-refractivity contribution in [2.24, 2.45) is 0 Å². The second kappa shape index (κ2) is 6.71. The highest BCUT2D eigenvalue weighted by molar-refractivity contribution is 9.10. The van der Waals surface area contributed by atoms with Gasteiger partial charge in [-0.2, -0.15) is 0 Å². The number of rotatable bonds is 6. The van der Waals surface area contributed by atoms with E-state index >= 15 is 0 Å². The first-order valence-electron chi connectivity index (χ1n) is 5.33.